The summed E-state index contributed by atoms with van der Waals surface area (Å²) in [6.07, 6.45) is 2.72. The molecule has 0 fully saturated rings. The minimum atomic E-state index is -0.651. The second-order valence-corrected chi connectivity index (χ2v) is 6.13. The highest BCUT2D eigenvalue weighted by Crippen LogP contribution is 2.35. The number of primary amides is 1. The number of urea groups is 1. The van der Waals surface area contributed by atoms with Crippen LogP contribution < -0.4 is 21.3 Å². The summed E-state index contributed by atoms with van der Waals surface area (Å²) in [5, 5.41) is 9.09. The number of nitriles is 1. The SMILES string of the molecule is N#Cc1cccc(N(C(N)=O)c2ccc(N3C=Nc4occc4C3N)cc2)c1. The Kier molecular flexibility index (Phi) is 4.27. The minimum absolute atomic E-state index is 0.434. The summed E-state index contributed by atoms with van der Waals surface area (Å²) in [6.45, 7) is 0. The standard InChI is InChI=1S/C20H16N6O2/c21-11-13-2-1-3-16(10-13)26(20(23)27)15-6-4-14(5-7-15)25-12-24-19-17(18(25)22)8-9-28-19/h1-10,12,18H,22H2,(H2,23,27). The first-order chi connectivity index (χ1) is 13.6. The van der Waals surface area contributed by atoms with Crippen LogP contribution in [0.4, 0.5) is 27.7 Å². The Bertz CT molecular complexity index is 1100. The van der Waals surface area contributed by atoms with Crippen molar-refractivity contribution in [3.63, 3.8) is 0 Å². The van der Waals surface area contributed by atoms with E-state index in [4.69, 9.17) is 21.1 Å². The van der Waals surface area contributed by atoms with Gasteiger partial charge in [-0.1, -0.05) is 6.07 Å². The number of hydrogen-bond donors (Lipinski definition) is 2. The maximum absolute atomic E-state index is 12.0. The summed E-state index contributed by atoms with van der Waals surface area (Å²) < 4.78 is 5.27. The number of rotatable bonds is 3. The van der Waals surface area contributed by atoms with Gasteiger partial charge in [-0.05, 0) is 48.5 Å². The number of carbonyl (C=O) groups is 1. The third-order valence-electron chi connectivity index (χ3n) is 4.45. The Morgan fingerprint density at radius 2 is 1.96 bits per heavy atom. The Labute approximate surface area is 160 Å². The van der Waals surface area contributed by atoms with Crippen LogP contribution in [0.3, 0.4) is 0 Å². The maximum Gasteiger partial charge on any atom is 0.323 e. The molecule has 4 rings (SSSR count). The summed E-state index contributed by atoms with van der Waals surface area (Å²) in [4.78, 5) is 19.4. The summed E-state index contributed by atoms with van der Waals surface area (Å²) in [6, 6.07) is 17.0. The van der Waals surface area contributed by atoms with Crippen LogP contribution in [-0.2, 0) is 0 Å². The maximum atomic E-state index is 12.0. The van der Waals surface area contributed by atoms with Crippen molar-refractivity contribution in [1.29, 1.82) is 5.26 Å². The smallest absolute Gasteiger partial charge is 0.323 e. The van der Waals surface area contributed by atoms with Crippen molar-refractivity contribution in [3.8, 4) is 6.07 Å². The Balaban J connectivity index is 1.65. The number of aliphatic imine (C=N–C) groups is 1. The second kappa shape index (κ2) is 6.90. The van der Waals surface area contributed by atoms with Gasteiger partial charge >= 0.3 is 6.03 Å². The van der Waals surface area contributed by atoms with E-state index in [0.29, 0.717) is 22.8 Å². The van der Waals surface area contributed by atoms with Crippen LogP contribution in [0.2, 0.25) is 0 Å². The van der Waals surface area contributed by atoms with Gasteiger partial charge < -0.3 is 20.8 Å². The molecule has 2 aromatic carbocycles. The number of nitrogens with zero attached hydrogens (tertiary/aromatic N) is 4. The molecule has 0 radical (unpaired) electrons. The summed E-state index contributed by atoms with van der Waals surface area (Å²) >= 11 is 0. The number of benzene rings is 2. The van der Waals surface area contributed by atoms with Crippen LogP contribution in [0.15, 0.2) is 70.3 Å². The van der Waals surface area contributed by atoms with E-state index < -0.39 is 12.2 Å². The molecular weight excluding hydrogens is 356 g/mol. The zero-order chi connectivity index (χ0) is 19.7. The number of amides is 2. The van der Waals surface area contributed by atoms with Gasteiger partial charge in [0, 0.05) is 5.69 Å². The second-order valence-electron chi connectivity index (χ2n) is 6.13. The number of furan rings is 1. The van der Waals surface area contributed by atoms with Gasteiger partial charge in [0.15, 0.2) is 0 Å². The van der Waals surface area contributed by atoms with Gasteiger partial charge in [0.2, 0.25) is 5.88 Å². The van der Waals surface area contributed by atoms with Gasteiger partial charge in [-0.2, -0.15) is 5.26 Å². The highest BCUT2D eigenvalue weighted by atomic mass is 16.3. The highest BCUT2D eigenvalue weighted by Gasteiger charge is 2.25. The van der Waals surface area contributed by atoms with Gasteiger partial charge in [0.1, 0.15) is 12.5 Å². The molecule has 1 aliphatic heterocycles. The van der Waals surface area contributed by atoms with Crippen molar-refractivity contribution in [2.75, 3.05) is 9.80 Å². The number of fused-ring (bicyclic) bond motifs is 1. The molecule has 8 heteroatoms. The molecule has 4 N–H and O–H groups in total. The molecule has 2 amide bonds. The van der Waals surface area contributed by atoms with Crippen LogP contribution >= 0.6 is 0 Å². The van der Waals surface area contributed by atoms with E-state index in [1.807, 2.05) is 12.1 Å². The van der Waals surface area contributed by atoms with E-state index in [9.17, 15) is 4.79 Å². The van der Waals surface area contributed by atoms with Crippen LogP contribution in [0.25, 0.3) is 0 Å². The summed E-state index contributed by atoms with van der Waals surface area (Å²) in [5.74, 6) is 0.498. The third kappa shape index (κ3) is 2.96. The fraction of sp³-hybridized carbons (Fsp3) is 0.0500. The van der Waals surface area contributed by atoms with Gasteiger partial charge in [-0.25, -0.2) is 9.79 Å². The third-order valence-corrected chi connectivity index (χ3v) is 4.45. The quantitative estimate of drug-likeness (QED) is 0.728. The molecule has 1 aromatic heterocycles. The van der Waals surface area contributed by atoms with Gasteiger partial charge in [0.25, 0.3) is 0 Å². The number of anilines is 3. The summed E-state index contributed by atoms with van der Waals surface area (Å²) in [7, 11) is 0. The molecule has 8 nitrogen and oxygen atoms in total. The van der Waals surface area contributed by atoms with Crippen molar-refractivity contribution in [3.05, 3.63) is 72.0 Å². The zero-order valence-corrected chi connectivity index (χ0v) is 14.7. The lowest BCUT2D eigenvalue weighted by Crippen LogP contribution is -2.35. The van der Waals surface area contributed by atoms with E-state index in [0.717, 1.165) is 11.3 Å². The molecule has 1 atom stereocenters. The van der Waals surface area contributed by atoms with E-state index >= 15 is 0 Å². The van der Waals surface area contributed by atoms with Crippen molar-refractivity contribution in [1.82, 2.24) is 0 Å². The molecule has 0 spiro atoms. The van der Waals surface area contributed by atoms with Crippen LogP contribution in [-0.4, -0.2) is 12.4 Å². The molecule has 28 heavy (non-hydrogen) atoms. The topological polar surface area (TPSA) is 125 Å². The predicted octanol–water partition coefficient (Wildman–Crippen LogP) is 3.51. The Morgan fingerprint density at radius 3 is 2.68 bits per heavy atom. The molecule has 1 aliphatic rings. The fourth-order valence-corrected chi connectivity index (χ4v) is 3.10. The fourth-order valence-electron chi connectivity index (χ4n) is 3.10. The molecule has 2 heterocycles. The zero-order valence-electron chi connectivity index (χ0n) is 14.7. The lowest BCUT2D eigenvalue weighted by atomic mass is 10.1. The van der Waals surface area contributed by atoms with E-state index in [1.54, 1.807) is 60.0 Å². The van der Waals surface area contributed by atoms with Gasteiger partial charge in [0.05, 0.1) is 34.8 Å². The first kappa shape index (κ1) is 17.3. The van der Waals surface area contributed by atoms with Crippen molar-refractivity contribution in [2.24, 2.45) is 16.5 Å². The largest absolute Gasteiger partial charge is 0.446 e. The average Bonchev–Trinajstić information content (AvgIpc) is 3.19. The molecule has 1 unspecified atom stereocenters. The number of nitrogens with two attached hydrogens (primary N) is 2. The van der Waals surface area contributed by atoms with E-state index in [1.165, 1.54) is 4.90 Å². The Morgan fingerprint density at radius 1 is 1.18 bits per heavy atom. The normalized spacial score (nSPS) is 15.0. The van der Waals surface area contributed by atoms with Crippen LogP contribution in [0.5, 0.6) is 0 Å². The molecule has 0 saturated carbocycles. The molecular formula is C20H16N6O2. The van der Waals surface area contributed by atoms with Gasteiger partial charge in [-0.3, -0.25) is 4.90 Å². The first-order valence-corrected chi connectivity index (χ1v) is 8.44. The van der Waals surface area contributed by atoms with Crippen molar-refractivity contribution in [2.45, 2.75) is 6.17 Å². The lowest BCUT2D eigenvalue weighted by molar-refractivity contribution is 0.256. The minimum Gasteiger partial charge on any atom is -0.446 e. The molecule has 0 aliphatic carbocycles. The van der Waals surface area contributed by atoms with E-state index in [2.05, 4.69) is 11.1 Å². The molecule has 138 valence electrons. The number of carbonyl (C=O) groups excluding carboxylic acids is 1. The first-order valence-electron chi connectivity index (χ1n) is 8.44. The van der Waals surface area contributed by atoms with Gasteiger partial charge in [-0.15, -0.1) is 0 Å². The highest BCUT2D eigenvalue weighted by molar-refractivity contribution is 5.99. The predicted molar refractivity (Wildman–Crippen MR) is 106 cm³/mol. The average molecular weight is 372 g/mol. The summed E-state index contributed by atoms with van der Waals surface area (Å²) in [5.41, 5.74) is 15.0. The molecule has 0 bridgehead atoms. The Hall–Kier alpha value is -4.09. The van der Waals surface area contributed by atoms with E-state index in [-0.39, 0.29) is 0 Å². The van der Waals surface area contributed by atoms with Crippen LogP contribution in [0.1, 0.15) is 17.3 Å². The van der Waals surface area contributed by atoms with Crippen LogP contribution in [0, 0.1) is 11.3 Å². The molecule has 0 saturated heterocycles. The molecule has 3 aromatic rings. The van der Waals surface area contributed by atoms with Crippen molar-refractivity contribution >= 4 is 35.3 Å². The number of hydrogen-bond acceptors (Lipinski definition) is 6. The monoisotopic (exact) mass is 372 g/mol. The van der Waals surface area contributed by atoms with Crippen molar-refractivity contribution < 1.29 is 9.21 Å². The lowest BCUT2D eigenvalue weighted by Gasteiger charge is -2.29.